The molecular formula is C16H15N3O3S. The number of carbonyl (C=O) groups is 1. The van der Waals surface area contributed by atoms with E-state index in [-0.39, 0.29) is 0 Å². The first-order chi connectivity index (χ1) is 10.9. The van der Waals surface area contributed by atoms with E-state index in [0.717, 1.165) is 22.8 Å². The predicted octanol–water partition coefficient (Wildman–Crippen LogP) is 2.01. The molecule has 0 spiro atoms. The molecule has 0 radical (unpaired) electrons. The SMILES string of the molecule is CS(=O)(=O)CC(=O)Nc1ccc(-n2ncc3ccccc32)cc1. The molecule has 0 fully saturated rings. The number of nitrogens with zero attached hydrogens (tertiary/aromatic N) is 2. The molecule has 0 atom stereocenters. The first-order valence-electron chi connectivity index (χ1n) is 6.93. The maximum absolute atomic E-state index is 11.6. The molecule has 0 aliphatic carbocycles. The summed E-state index contributed by atoms with van der Waals surface area (Å²) in [4.78, 5) is 11.6. The van der Waals surface area contributed by atoms with Crippen molar-refractivity contribution in [2.75, 3.05) is 17.3 Å². The lowest BCUT2D eigenvalue weighted by Gasteiger charge is -2.07. The van der Waals surface area contributed by atoms with Crippen LogP contribution in [0.5, 0.6) is 0 Å². The van der Waals surface area contributed by atoms with Crippen molar-refractivity contribution in [1.82, 2.24) is 9.78 Å². The molecule has 0 bridgehead atoms. The highest BCUT2D eigenvalue weighted by atomic mass is 32.2. The Kier molecular flexibility index (Phi) is 3.87. The average molecular weight is 329 g/mol. The fourth-order valence-corrected chi connectivity index (χ4v) is 2.85. The Morgan fingerprint density at radius 3 is 2.52 bits per heavy atom. The van der Waals surface area contributed by atoms with Crippen LogP contribution in [0.2, 0.25) is 0 Å². The van der Waals surface area contributed by atoms with Gasteiger partial charge >= 0.3 is 0 Å². The van der Waals surface area contributed by atoms with Crippen LogP contribution in [0.1, 0.15) is 0 Å². The second-order valence-electron chi connectivity index (χ2n) is 5.28. The number of hydrogen-bond acceptors (Lipinski definition) is 4. The van der Waals surface area contributed by atoms with Crippen LogP contribution in [0.25, 0.3) is 16.6 Å². The number of sulfone groups is 1. The molecule has 7 heteroatoms. The number of benzene rings is 2. The van der Waals surface area contributed by atoms with Crippen molar-refractivity contribution in [3.05, 3.63) is 54.7 Å². The summed E-state index contributed by atoms with van der Waals surface area (Å²) in [6.07, 6.45) is 2.82. The van der Waals surface area contributed by atoms with Gasteiger partial charge in [0.25, 0.3) is 0 Å². The molecule has 3 rings (SSSR count). The number of hydrogen-bond donors (Lipinski definition) is 1. The van der Waals surface area contributed by atoms with E-state index in [0.29, 0.717) is 5.69 Å². The van der Waals surface area contributed by atoms with Crippen LogP contribution >= 0.6 is 0 Å². The minimum atomic E-state index is -3.34. The van der Waals surface area contributed by atoms with Crippen molar-refractivity contribution in [3.63, 3.8) is 0 Å². The van der Waals surface area contributed by atoms with E-state index in [9.17, 15) is 13.2 Å². The second kappa shape index (κ2) is 5.85. The van der Waals surface area contributed by atoms with Gasteiger partial charge in [-0.15, -0.1) is 0 Å². The van der Waals surface area contributed by atoms with Crippen molar-refractivity contribution >= 4 is 32.3 Å². The molecule has 0 aliphatic heterocycles. The summed E-state index contributed by atoms with van der Waals surface area (Å²) in [6.45, 7) is 0. The van der Waals surface area contributed by atoms with Crippen molar-refractivity contribution < 1.29 is 13.2 Å². The summed E-state index contributed by atoms with van der Waals surface area (Å²) < 4.78 is 24.0. The molecule has 0 aliphatic rings. The number of amides is 1. The molecule has 118 valence electrons. The first kappa shape index (κ1) is 15.2. The fraction of sp³-hybridized carbons (Fsp3) is 0.125. The summed E-state index contributed by atoms with van der Waals surface area (Å²) in [6, 6.07) is 14.9. The van der Waals surface area contributed by atoms with Gasteiger partial charge in [0.15, 0.2) is 9.84 Å². The van der Waals surface area contributed by atoms with Crippen molar-refractivity contribution in [3.8, 4) is 5.69 Å². The van der Waals surface area contributed by atoms with E-state index in [4.69, 9.17) is 0 Å². The van der Waals surface area contributed by atoms with E-state index in [1.165, 1.54) is 0 Å². The third-order valence-corrected chi connectivity index (χ3v) is 4.05. The van der Waals surface area contributed by atoms with Gasteiger partial charge in [-0.05, 0) is 30.3 Å². The average Bonchev–Trinajstić information content (AvgIpc) is 2.90. The lowest BCUT2D eigenvalue weighted by Crippen LogP contribution is -2.21. The highest BCUT2D eigenvalue weighted by molar-refractivity contribution is 7.91. The Labute approximate surface area is 133 Å². The van der Waals surface area contributed by atoms with Crippen molar-refractivity contribution in [1.29, 1.82) is 0 Å². The minimum Gasteiger partial charge on any atom is -0.325 e. The van der Waals surface area contributed by atoms with Gasteiger partial charge in [0.1, 0.15) is 5.75 Å². The van der Waals surface area contributed by atoms with E-state index >= 15 is 0 Å². The van der Waals surface area contributed by atoms with Gasteiger partial charge in [0, 0.05) is 17.3 Å². The van der Waals surface area contributed by atoms with Crippen molar-refractivity contribution in [2.24, 2.45) is 0 Å². The molecule has 2 aromatic carbocycles. The molecule has 23 heavy (non-hydrogen) atoms. The van der Waals surface area contributed by atoms with Crippen LogP contribution in [-0.2, 0) is 14.6 Å². The number of rotatable bonds is 4. The topological polar surface area (TPSA) is 81.1 Å². The zero-order chi connectivity index (χ0) is 16.4. The van der Waals surface area contributed by atoms with Crippen LogP contribution in [0.15, 0.2) is 54.7 Å². The van der Waals surface area contributed by atoms with Gasteiger partial charge in [-0.1, -0.05) is 18.2 Å². The third-order valence-electron chi connectivity index (χ3n) is 3.27. The zero-order valence-corrected chi connectivity index (χ0v) is 13.2. The molecule has 0 saturated carbocycles. The smallest absolute Gasteiger partial charge is 0.239 e. The second-order valence-corrected chi connectivity index (χ2v) is 7.42. The Hall–Kier alpha value is -2.67. The molecule has 0 unspecified atom stereocenters. The number of para-hydroxylation sites is 1. The highest BCUT2D eigenvalue weighted by Crippen LogP contribution is 2.19. The minimum absolute atomic E-state index is 0.529. The molecule has 3 aromatic rings. The van der Waals surface area contributed by atoms with Gasteiger partial charge < -0.3 is 5.32 Å². The number of nitrogens with one attached hydrogen (secondary N) is 1. The third kappa shape index (κ3) is 3.57. The molecule has 1 N–H and O–H groups in total. The summed E-state index contributed by atoms with van der Waals surface area (Å²) in [5, 5.41) is 7.95. The Bertz CT molecular complexity index is 960. The molecule has 6 nitrogen and oxygen atoms in total. The largest absolute Gasteiger partial charge is 0.325 e. The van der Waals surface area contributed by atoms with E-state index in [1.807, 2.05) is 36.4 Å². The van der Waals surface area contributed by atoms with Gasteiger partial charge in [-0.3, -0.25) is 4.79 Å². The van der Waals surface area contributed by atoms with E-state index in [1.54, 1.807) is 23.0 Å². The number of fused-ring (bicyclic) bond motifs is 1. The molecular weight excluding hydrogens is 314 g/mol. The normalized spacial score (nSPS) is 11.5. The molecule has 1 heterocycles. The maximum atomic E-state index is 11.6. The van der Waals surface area contributed by atoms with Crippen LogP contribution in [0, 0.1) is 0 Å². The van der Waals surface area contributed by atoms with Crippen LogP contribution in [-0.4, -0.2) is 36.1 Å². The summed E-state index contributed by atoms with van der Waals surface area (Å²) in [7, 11) is -3.34. The number of anilines is 1. The van der Waals surface area contributed by atoms with Crippen LogP contribution in [0.3, 0.4) is 0 Å². The first-order valence-corrected chi connectivity index (χ1v) is 8.99. The number of carbonyl (C=O) groups excluding carboxylic acids is 1. The van der Waals surface area contributed by atoms with Gasteiger partial charge in [0.05, 0.1) is 17.4 Å². The fourth-order valence-electron chi connectivity index (χ4n) is 2.30. The van der Waals surface area contributed by atoms with E-state index < -0.39 is 21.5 Å². The van der Waals surface area contributed by atoms with Crippen LogP contribution in [0.4, 0.5) is 5.69 Å². The maximum Gasteiger partial charge on any atom is 0.239 e. The Morgan fingerprint density at radius 1 is 1.13 bits per heavy atom. The molecule has 1 aromatic heterocycles. The van der Waals surface area contributed by atoms with Gasteiger partial charge in [0.2, 0.25) is 5.91 Å². The molecule has 1 amide bonds. The quantitative estimate of drug-likeness (QED) is 0.794. The predicted molar refractivity (Wildman–Crippen MR) is 89.4 cm³/mol. The summed E-state index contributed by atoms with van der Waals surface area (Å²) in [5.41, 5.74) is 2.38. The Balaban J connectivity index is 1.81. The standard InChI is InChI=1S/C16H15N3O3S/c1-23(21,22)11-16(20)18-13-6-8-14(9-7-13)19-15-5-3-2-4-12(15)10-17-19/h2-10H,11H2,1H3,(H,18,20). The Morgan fingerprint density at radius 2 is 1.83 bits per heavy atom. The van der Waals surface area contributed by atoms with Crippen LogP contribution < -0.4 is 5.32 Å². The summed E-state index contributed by atoms with van der Waals surface area (Å²) >= 11 is 0. The summed E-state index contributed by atoms with van der Waals surface area (Å²) in [5.74, 6) is -1.08. The lowest BCUT2D eigenvalue weighted by atomic mass is 10.2. The number of aromatic nitrogens is 2. The van der Waals surface area contributed by atoms with E-state index in [2.05, 4.69) is 10.4 Å². The van der Waals surface area contributed by atoms with Gasteiger partial charge in [-0.2, -0.15) is 5.10 Å². The lowest BCUT2D eigenvalue weighted by molar-refractivity contribution is -0.113. The monoisotopic (exact) mass is 329 g/mol. The zero-order valence-electron chi connectivity index (χ0n) is 12.4. The van der Waals surface area contributed by atoms with Gasteiger partial charge in [-0.25, -0.2) is 13.1 Å². The molecule has 0 saturated heterocycles. The van der Waals surface area contributed by atoms with Crippen molar-refractivity contribution in [2.45, 2.75) is 0 Å². The highest BCUT2D eigenvalue weighted by Gasteiger charge is 2.11.